The Kier molecular flexibility index (Phi) is 7.48. The van der Waals surface area contributed by atoms with Crippen LogP contribution in [-0.4, -0.2) is 31.0 Å². The van der Waals surface area contributed by atoms with Gasteiger partial charge in [0, 0.05) is 0 Å². The molecule has 2 aromatic carbocycles. The van der Waals surface area contributed by atoms with Crippen LogP contribution in [0.1, 0.15) is 38.3 Å². The molecule has 2 rings (SSSR count). The number of carbonyl (C=O) groups excluding carboxylic acids is 1. The molecule has 2 aromatic rings. The Morgan fingerprint density at radius 2 is 1.76 bits per heavy atom. The summed E-state index contributed by atoms with van der Waals surface area (Å²) in [5, 5.41) is 3.05. The first-order valence-corrected chi connectivity index (χ1v) is 8.95. The number of ether oxygens (including phenoxy) is 1. The number of hydrogen-bond acceptors (Lipinski definition) is 3. The minimum Gasteiger partial charge on any atom is -0.492 e. The average Bonchev–Trinajstić information content (AvgIpc) is 2.63. The predicted octanol–water partition coefficient (Wildman–Crippen LogP) is 4.50. The van der Waals surface area contributed by atoms with Gasteiger partial charge in [0.15, 0.2) is 0 Å². The van der Waals surface area contributed by atoms with Crippen molar-refractivity contribution in [3.63, 3.8) is 0 Å². The molecule has 0 radical (unpaired) electrons. The number of nitrogens with one attached hydrogen (secondary N) is 1. The Morgan fingerprint density at radius 1 is 1.08 bits per heavy atom. The van der Waals surface area contributed by atoms with Gasteiger partial charge >= 0.3 is 0 Å². The second-order valence-corrected chi connectivity index (χ2v) is 6.07. The average molecular weight is 340 g/mol. The maximum Gasteiger partial charge on any atom is 0.246 e. The Morgan fingerprint density at radius 3 is 2.44 bits per heavy atom. The van der Waals surface area contributed by atoms with Crippen molar-refractivity contribution in [2.75, 3.05) is 25.5 Å². The van der Waals surface area contributed by atoms with Gasteiger partial charge in [-0.1, -0.05) is 55.8 Å². The fraction of sp³-hybridized carbons (Fsp3) is 0.381. The summed E-state index contributed by atoms with van der Waals surface area (Å²) >= 11 is 0. The molecule has 0 aromatic heterocycles. The van der Waals surface area contributed by atoms with E-state index in [1.807, 2.05) is 68.6 Å². The van der Waals surface area contributed by atoms with Crippen LogP contribution in [0.25, 0.3) is 0 Å². The first-order chi connectivity index (χ1) is 12.2. The van der Waals surface area contributed by atoms with E-state index in [2.05, 4.69) is 17.1 Å². The first-order valence-electron chi connectivity index (χ1n) is 8.95. The van der Waals surface area contributed by atoms with Gasteiger partial charge < -0.3 is 10.1 Å². The Hall–Kier alpha value is -2.33. The molecule has 0 fully saturated rings. The van der Waals surface area contributed by atoms with E-state index >= 15 is 0 Å². The highest BCUT2D eigenvalue weighted by Crippen LogP contribution is 2.27. The minimum absolute atomic E-state index is 0.0445. The van der Waals surface area contributed by atoms with Crippen LogP contribution >= 0.6 is 0 Å². The summed E-state index contributed by atoms with van der Waals surface area (Å²) in [5.74, 6) is 0.651. The Bertz CT molecular complexity index is 658. The molecule has 0 aliphatic rings. The van der Waals surface area contributed by atoms with Crippen LogP contribution in [-0.2, 0) is 4.79 Å². The van der Waals surface area contributed by atoms with Gasteiger partial charge in [0.2, 0.25) is 5.91 Å². The molecule has 0 saturated carbocycles. The van der Waals surface area contributed by atoms with Crippen molar-refractivity contribution in [2.45, 2.75) is 32.7 Å². The molecular weight excluding hydrogens is 312 g/mol. The molecule has 1 unspecified atom stereocenters. The number of unbranched alkanes of at least 4 members (excludes halogenated alkanes) is 1. The SMILES string of the molecule is CCCCN(C)C(C(=O)Nc1ccccc1OCC)c1ccccc1. The van der Waals surface area contributed by atoms with Crippen LogP contribution < -0.4 is 10.1 Å². The van der Waals surface area contributed by atoms with Crippen LogP contribution in [0.2, 0.25) is 0 Å². The number of hydrogen-bond donors (Lipinski definition) is 1. The molecule has 0 bridgehead atoms. The van der Waals surface area contributed by atoms with Crippen molar-refractivity contribution < 1.29 is 9.53 Å². The molecule has 0 aliphatic carbocycles. The van der Waals surface area contributed by atoms with Crippen LogP contribution in [0.3, 0.4) is 0 Å². The van der Waals surface area contributed by atoms with Crippen LogP contribution in [0.4, 0.5) is 5.69 Å². The van der Waals surface area contributed by atoms with E-state index < -0.39 is 0 Å². The molecule has 0 heterocycles. The zero-order valence-electron chi connectivity index (χ0n) is 15.4. The smallest absolute Gasteiger partial charge is 0.246 e. The number of carbonyl (C=O) groups is 1. The van der Waals surface area contributed by atoms with E-state index in [-0.39, 0.29) is 11.9 Å². The van der Waals surface area contributed by atoms with Gasteiger partial charge in [0.1, 0.15) is 11.8 Å². The van der Waals surface area contributed by atoms with Gasteiger partial charge in [0.05, 0.1) is 12.3 Å². The van der Waals surface area contributed by atoms with E-state index in [4.69, 9.17) is 4.74 Å². The number of likely N-dealkylation sites (N-methyl/N-ethyl adjacent to an activating group) is 1. The highest BCUT2D eigenvalue weighted by molar-refractivity contribution is 5.96. The molecule has 0 saturated heterocycles. The van der Waals surface area contributed by atoms with Crippen molar-refractivity contribution in [3.05, 3.63) is 60.2 Å². The van der Waals surface area contributed by atoms with E-state index in [0.717, 1.165) is 24.9 Å². The highest BCUT2D eigenvalue weighted by Gasteiger charge is 2.25. The van der Waals surface area contributed by atoms with E-state index in [1.54, 1.807) is 0 Å². The quantitative estimate of drug-likeness (QED) is 0.731. The van der Waals surface area contributed by atoms with Crippen LogP contribution in [0.15, 0.2) is 54.6 Å². The zero-order valence-corrected chi connectivity index (χ0v) is 15.4. The van der Waals surface area contributed by atoms with Gasteiger partial charge in [0.25, 0.3) is 0 Å². The summed E-state index contributed by atoms with van der Waals surface area (Å²) in [6.07, 6.45) is 2.16. The Balaban J connectivity index is 2.23. The largest absolute Gasteiger partial charge is 0.492 e. The first kappa shape index (κ1) is 19.0. The van der Waals surface area contributed by atoms with Crippen molar-refractivity contribution in [1.29, 1.82) is 0 Å². The molecule has 0 aliphatic heterocycles. The molecule has 0 spiro atoms. The molecule has 25 heavy (non-hydrogen) atoms. The number of amides is 1. The van der Waals surface area contributed by atoms with Crippen molar-refractivity contribution in [1.82, 2.24) is 4.90 Å². The molecule has 1 amide bonds. The normalized spacial score (nSPS) is 12.0. The van der Waals surface area contributed by atoms with Crippen molar-refractivity contribution >= 4 is 11.6 Å². The molecular formula is C21H28N2O2. The number of nitrogens with zero attached hydrogens (tertiary/aromatic N) is 1. The number of para-hydroxylation sites is 2. The van der Waals surface area contributed by atoms with Gasteiger partial charge in [-0.3, -0.25) is 9.69 Å². The van der Waals surface area contributed by atoms with E-state index in [1.165, 1.54) is 0 Å². The molecule has 4 heteroatoms. The van der Waals surface area contributed by atoms with Gasteiger partial charge in [-0.2, -0.15) is 0 Å². The highest BCUT2D eigenvalue weighted by atomic mass is 16.5. The lowest BCUT2D eigenvalue weighted by molar-refractivity contribution is -0.121. The molecule has 1 atom stereocenters. The fourth-order valence-electron chi connectivity index (χ4n) is 2.83. The Labute approximate surface area is 150 Å². The summed E-state index contributed by atoms with van der Waals surface area (Å²) in [7, 11) is 2.00. The summed E-state index contributed by atoms with van der Waals surface area (Å²) < 4.78 is 5.62. The summed E-state index contributed by atoms with van der Waals surface area (Å²) in [6, 6.07) is 17.1. The molecule has 134 valence electrons. The van der Waals surface area contributed by atoms with Gasteiger partial charge in [-0.05, 0) is 44.6 Å². The topological polar surface area (TPSA) is 41.6 Å². The van der Waals surface area contributed by atoms with Crippen LogP contribution in [0.5, 0.6) is 5.75 Å². The van der Waals surface area contributed by atoms with Gasteiger partial charge in [-0.15, -0.1) is 0 Å². The summed E-state index contributed by atoms with van der Waals surface area (Å²) in [4.78, 5) is 15.2. The number of benzene rings is 2. The molecule has 4 nitrogen and oxygen atoms in total. The minimum atomic E-state index is -0.331. The lowest BCUT2D eigenvalue weighted by atomic mass is 10.0. The lowest BCUT2D eigenvalue weighted by Gasteiger charge is -2.27. The number of rotatable bonds is 9. The zero-order chi connectivity index (χ0) is 18.1. The lowest BCUT2D eigenvalue weighted by Crippen LogP contribution is -2.35. The second kappa shape index (κ2) is 9.84. The molecule has 1 N–H and O–H groups in total. The maximum atomic E-state index is 13.1. The third-order valence-corrected chi connectivity index (χ3v) is 4.11. The van der Waals surface area contributed by atoms with Crippen LogP contribution in [0, 0.1) is 0 Å². The summed E-state index contributed by atoms with van der Waals surface area (Å²) in [6.45, 7) is 5.52. The van der Waals surface area contributed by atoms with Gasteiger partial charge in [-0.25, -0.2) is 0 Å². The van der Waals surface area contributed by atoms with E-state index in [9.17, 15) is 4.79 Å². The third kappa shape index (κ3) is 5.33. The van der Waals surface area contributed by atoms with Crippen molar-refractivity contribution in [3.8, 4) is 5.75 Å². The summed E-state index contributed by atoms with van der Waals surface area (Å²) in [5.41, 5.74) is 1.70. The number of anilines is 1. The second-order valence-electron chi connectivity index (χ2n) is 6.07. The van der Waals surface area contributed by atoms with E-state index in [0.29, 0.717) is 18.0 Å². The predicted molar refractivity (Wildman–Crippen MR) is 103 cm³/mol. The third-order valence-electron chi connectivity index (χ3n) is 4.11. The standard InChI is InChI=1S/C21H28N2O2/c1-4-6-16-23(3)20(17-12-8-7-9-13-17)21(24)22-18-14-10-11-15-19(18)25-5-2/h7-15,20H,4-6,16H2,1-3H3,(H,22,24). The monoisotopic (exact) mass is 340 g/mol. The van der Waals surface area contributed by atoms with Crippen molar-refractivity contribution in [2.24, 2.45) is 0 Å². The maximum absolute atomic E-state index is 13.1. The fourth-order valence-corrected chi connectivity index (χ4v) is 2.83.